The Balaban J connectivity index is 2.26. The summed E-state index contributed by atoms with van der Waals surface area (Å²) >= 11 is 0. The number of aryl methyl sites for hydroxylation is 1. The van der Waals surface area contributed by atoms with Gasteiger partial charge in [-0.3, -0.25) is 0 Å². The molecule has 0 unspecified atom stereocenters. The summed E-state index contributed by atoms with van der Waals surface area (Å²) in [4.78, 5) is 0. The highest BCUT2D eigenvalue weighted by atomic mass is 16.5. The largest absolute Gasteiger partial charge is 0.507 e. The predicted molar refractivity (Wildman–Crippen MR) is 104 cm³/mol. The van der Waals surface area contributed by atoms with Crippen LogP contribution >= 0.6 is 0 Å². The van der Waals surface area contributed by atoms with Crippen molar-refractivity contribution in [3.8, 4) is 22.6 Å². The molecule has 0 saturated carbocycles. The van der Waals surface area contributed by atoms with Crippen LogP contribution in [0.25, 0.3) is 11.1 Å². The van der Waals surface area contributed by atoms with Crippen LogP contribution in [-0.2, 0) is 0 Å². The highest BCUT2D eigenvalue weighted by Crippen LogP contribution is 2.47. The lowest BCUT2D eigenvalue weighted by molar-refractivity contribution is 0.412. The number of benzene rings is 2. The summed E-state index contributed by atoms with van der Waals surface area (Å²) in [6.45, 7) is 11.0. The second kappa shape index (κ2) is 6.44. The van der Waals surface area contributed by atoms with Crippen molar-refractivity contribution in [2.45, 2.75) is 40.5 Å². The van der Waals surface area contributed by atoms with Gasteiger partial charge in [0.1, 0.15) is 11.5 Å². The average molecular weight is 334 g/mol. The maximum atomic E-state index is 10.5. The van der Waals surface area contributed by atoms with Gasteiger partial charge < -0.3 is 9.84 Å². The van der Waals surface area contributed by atoms with E-state index in [4.69, 9.17) is 4.74 Å². The quantitative estimate of drug-likeness (QED) is 0.730. The molecule has 1 aliphatic rings. The third kappa shape index (κ3) is 2.86. The Bertz CT molecular complexity index is 876. The fraction of sp³-hybridized carbons (Fsp3) is 0.304. The minimum absolute atomic E-state index is 0.264. The van der Waals surface area contributed by atoms with E-state index in [0.29, 0.717) is 0 Å². The monoisotopic (exact) mass is 334 g/mol. The van der Waals surface area contributed by atoms with E-state index < -0.39 is 0 Å². The molecule has 1 N–H and O–H groups in total. The maximum Gasteiger partial charge on any atom is 0.123 e. The summed E-state index contributed by atoms with van der Waals surface area (Å²) in [5.41, 5.74) is 9.90. The van der Waals surface area contributed by atoms with E-state index in [1.807, 2.05) is 6.07 Å². The first-order chi connectivity index (χ1) is 11.8. The summed E-state index contributed by atoms with van der Waals surface area (Å²) in [6.07, 6.45) is 0. The Morgan fingerprint density at radius 3 is 2.04 bits per heavy atom. The van der Waals surface area contributed by atoms with Gasteiger partial charge in [0, 0.05) is 11.5 Å². The van der Waals surface area contributed by atoms with Gasteiger partial charge in [-0.2, -0.15) is 0 Å². The molecular formula is C23H26O2. The molecule has 0 radical (unpaired) electrons. The zero-order valence-corrected chi connectivity index (χ0v) is 15.9. The molecular weight excluding hydrogens is 308 g/mol. The smallest absolute Gasteiger partial charge is 0.123 e. The molecule has 1 aliphatic carbocycles. The SMILES string of the molecule is COc1ccc(O)c(-c2ccc(C)cc2C2C(C)=C(C)C(C)=C2C)c1. The normalized spacial score (nSPS) is 15.3. The number of rotatable bonds is 3. The topological polar surface area (TPSA) is 29.5 Å². The van der Waals surface area contributed by atoms with Crippen molar-refractivity contribution in [3.05, 3.63) is 69.8 Å². The third-order valence-electron chi connectivity index (χ3n) is 5.62. The van der Waals surface area contributed by atoms with E-state index in [2.05, 4.69) is 52.8 Å². The molecule has 25 heavy (non-hydrogen) atoms. The summed E-state index contributed by atoms with van der Waals surface area (Å²) in [5, 5.41) is 10.5. The number of ether oxygens (including phenoxy) is 1. The van der Waals surface area contributed by atoms with Crippen molar-refractivity contribution in [1.29, 1.82) is 0 Å². The van der Waals surface area contributed by atoms with Gasteiger partial charge in [0.2, 0.25) is 0 Å². The molecule has 0 amide bonds. The predicted octanol–water partition coefficient (Wildman–Crippen LogP) is 6.15. The minimum atomic E-state index is 0.264. The molecule has 0 aromatic heterocycles. The summed E-state index contributed by atoms with van der Waals surface area (Å²) in [7, 11) is 1.65. The Kier molecular flexibility index (Phi) is 4.47. The molecule has 2 aromatic carbocycles. The van der Waals surface area contributed by atoms with Crippen molar-refractivity contribution in [2.24, 2.45) is 0 Å². The van der Waals surface area contributed by atoms with Gasteiger partial charge in [-0.25, -0.2) is 0 Å². The zero-order valence-electron chi connectivity index (χ0n) is 15.9. The van der Waals surface area contributed by atoms with Crippen LogP contribution in [0.3, 0.4) is 0 Å². The molecule has 0 saturated heterocycles. The van der Waals surface area contributed by atoms with Crippen LogP contribution in [0.1, 0.15) is 44.7 Å². The molecule has 3 rings (SSSR count). The number of phenols is 1. The van der Waals surface area contributed by atoms with Crippen LogP contribution < -0.4 is 4.74 Å². The van der Waals surface area contributed by atoms with E-state index >= 15 is 0 Å². The number of aromatic hydroxyl groups is 1. The Morgan fingerprint density at radius 1 is 0.800 bits per heavy atom. The highest BCUT2D eigenvalue weighted by Gasteiger charge is 2.28. The van der Waals surface area contributed by atoms with Gasteiger partial charge >= 0.3 is 0 Å². The summed E-state index contributed by atoms with van der Waals surface area (Å²) < 4.78 is 5.37. The van der Waals surface area contributed by atoms with E-state index in [0.717, 1.165) is 16.9 Å². The fourth-order valence-electron chi connectivity index (χ4n) is 3.84. The molecule has 0 aliphatic heterocycles. The van der Waals surface area contributed by atoms with Gasteiger partial charge in [-0.05, 0) is 75.1 Å². The molecule has 0 bridgehead atoms. The van der Waals surface area contributed by atoms with E-state index in [1.165, 1.54) is 33.4 Å². The van der Waals surface area contributed by atoms with Gasteiger partial charge in [-0.15, -0.1) is 0 Å². The lowest BCUT2D eigenvalue weighted by Crippen LogP contribution is -2.03. The summed E-state index contributed by atoms with van der Waals surface area (Å²) in [6, 6.07) is 11.9. The van der Waals surface area contributed by atoms with E-state index in [-0.39, 0.29) is 11.7 Å². The first kappa shape index (κ1) is 17.3. The standard InChI is InChI=1S/C23H26O2/c1-13-7-9-19(20-12-18(25-6)8-10-22(20)24)21(11-13)23-16(4)14(2)15(3)17(23)5/h7-12,23-24H,1-6H3. The minimum Gasteiger partial charge on any atom is -0.507 e. The first-order valence-electron chi connectivity index (χ1n) is 8.68. The van der Waals surface area contributed by atoms with Gasteiger partial charge in [0.15, 0.2) is 0 Å². The van der Waals surface area contributed by atoms with Crippen LogP contribution in [0.4, 0.5) is 0 Å². The van der Waals surface area contributed by atoms with E-state index in [9.17, 15) is 5.11 Å². The van der Waals surface area contributed by atoms with Crippen LogP contribution in [0, 0.1) is 6.92 Å². The van der Waals surface area contributed by atoms with Gasteiger partial charge in [0.05, 0.1) is 7.11 Å². The van der Waals surface area contributed by atoms with Crippen LogP contribution in [0.5, 0.6) is 11.5 Å². The van der Waals surface area contributed by atoms with Crippen molar-refractivity contribution in [3.63, 3.8) is 0 Å². The second-order valence-electron chi connectivity index (χ2n) is 7.02. The molecule has 0 atom stereocenters. The molecule has 0 fully saturated rings. The fourth-order valence-corrected chi connectivity index (χ4v) is 3.84. The van der Waals surface area contributed by atoms with E-state index in [1.54, 1.807) is 19.2 Å². The number of hydrogen-bond donors (Lipinski definition) is 1. The number of hydrogen-bond acceptors (Lipinski definition) is 2. The van der Waals surface area contributed by atoms with Gasteiger partial charge in [0.25, 0.3) is 0 Å². The maximum absolute atomic E-state index is 10.5. The van der Waals surface area contributed by atoms with Crippen molar-refractivity contribution >= 4 is 0 Å². The average Bonchev–Trinajstić information content (AvgIpc) is 2.79. The molecule has 2 heteroatoms. The van der Waals surface area contributed by atoms with Gasteiger partial charge in [-0.1, -0.05) is 34.9 Å². The second-order valence-corrected chi connectivity index (χ2v) is 7.02. The molecule has 0 heterocycles. The lowest BCUT2D eigenvalue weighted by Gasteiger charge is -2.21. The zero-order chi connectivity index (χ0) is 18.3. The number of allylic oxidation sites excluding steroid dienone is 4. The number of phenolic OH excluding ortho intramolecular Hbond substituents is 1. The Morgan fingerprint density at radius 2 is 1.44 bits per heavy atom. The highest BCUT2D eigenvalue weighted by molar-refractivity contribution is 5.77. The van der Waals surface area contributed by atoms with Crippen molar-refractivity contribution in [1.82, 2.24) is 0 Å². The molecule has 0 spiro atoms. The van der Waals surface area contributed by atoms with Crippen molar-refractivity contribution < 1.29 is 9.84 Å². The summed E-state index contributed by atoms with van der Waals surface area (Å²) in [5.74, 6) is 1.29. The Hall–Kier alpha value is -2.48. The van der Waals surface area contributed by atoms with Crippen LogP contribution in [0.2, 0.25) is 0 Å². The molecule has 2 aromatic rings. The molecule has 2 nitrogen and oxygen atoms in total. The Labute approximate surface area is 150 Å². The van der Waals surface area contributed by atoms with Crippen LogP contribution in [0.15, 0.2) is 58.7 Å². The lowest BCUT2D eigenvalue weighted by atomic mass is 9.83. The first-order valence-corrected chi connectivity index (χ1v) is 8.68. The van der Waals surface area contributed by atoms with Crippen LogP contribution in [-0.4, -0.2) is 12.2 Å². The third-order valence-corrected chi connectivity index (χ3v) is 5.62. The number of methoxy groups -OCH3 is 1. The van der Waals surface area contributed by atoms with Crippen molar-refractivity contribution in [2.75, 3.05) is 7.11 Å². The molecule has 130 valence electrons.